The molecular weight excluding hydrogens is 621 g/mol. The average molecular weight is 633 g/mol. The second-order valence-electron chi connectivity index (χ2n) is 5.70. The van der Waals surface area contributed by atoms with Crippen LogP contribution in [-0.2, 0) is 11.4 Å². The van der Waals surface area contributed by atoms with Gasteiger partial charge >= 0.3 is 0 Å². The highest BCUT2D eigenvalue weighted by Gasteiger charge is 2.34. The molecule has 1 aliphatic heterocycles. The lowest BCUT2D eigenvalue weighted by atomic mass is 10.2. The van der Waals surface area contributed by atoms with Crippen LogP contribution in [0.1, 0.15) is 11.1 Å². The van der Waals surface area contributed by atoms with Crippen molar-refractivity contribution in [1.82, 2.24) is 4.90 Å². The predicted octanol–water partition coefficient (Wildman–Crippen LogP) is 6.06. The van der Waals surface area contributed by atoms with E-state index in [4.69, 9.17) is 11.2 Å². The van der Waals surface area contributed by atoms with E-state index in [1.54, 1.807) is 6.08 Å². The van der Waals surface area contributed by atoms with Gasteiger partial charge in [0.25, 0.3) is 11.1 Å². The molecule has 4 nitrogen and oxygen atoms in total. The molecule has 0 radical (unpaired) electrons. The highest BCUT2D eigenvalue weighted by molar-refractivity contribution is 14.1. The summed E-state index contributed by atoms with van der Waals surface area (Å²) in [5.41, 5.74) is 1.82. The van der Waals surface area contributed by atoms with Crippen molar-refractivity contribution in [1.29, 1.82) is 0 Å². The summed E-state index contributed by atoms with van der Waals surface area (Å²) in [6.45, 7) is 0.402. The fourth-order valence-corrected chi connectivity index (χ4v) is 5.06. The summed E-state index contributed by atoms with van der Waals surface area (Å²) in [6.07, 6.45) is 6.88. The van der Waals surface area contributed by atoms with Crippen LogP contribution in [0.25, 0.3) is 6.08 Å². The van der Waals surface area contributed by atoms with Gasteiger partial charge in [-0.15, -0.1) is 6.42 Å². The van der Waals surface area contributed by atoms with Crippen molar-refractivity contribution in [3.63, 3.8) is 0 Å². The van der Waals surface area contributed by atoms with E-state index in [1.165, 1.54) is 3.57 Å². The van der Waals surface area contributed by atoms with Crippen molar-refractivity contribution < 1.29 is 14.3 Å². The third kappa shape index (κ3) is 5.00. The lowest BCUT2D eigenvalue weighted by Gasteiger charge is -2.12. The van der Waals surface area contributed by atoms with Crippen LogP contribution in [0.2, 0.25) is 0 Å². The Morgan fingerprint density at radius 2 is 1.82 bits per heavy atom. The highest BCUT2D eigenvalue weighted by atomic mass is 127. The number of ether oxygens (including phenoxy) is 1. The topological polar surface area (TPSA) is 46.6 Å². The van der Waals surface area contributed by atoms with E-state index >= 15 is 0 Å². The lowest BCUT2D eigenvalue weighted by molar-refractivity contribution is -0.122. The van der Waals surface area contributed by atoms with Crippen LogP contribution in [-0.4, -0.2) is 22.6 Å². The van der Waals surface area contributed by atoms with Crippen LogP contribution < -0.4 is 4.74 Å². The molecule has 0 bridgehead atoms. The number of hydrogen-bond acceptors (Lipinski definition) is 4. The Bertz CT molecular complexity index is 992. The van der Waals surface area contributed by atoms with Gasteiger partial charge in [-0.2, -0.15) is 0 Å². The summed E-state index contributed by atoms with van der Waals surface area (Å²) in [5, 5.41) is -0.357. The zero-order valence-corrected chi connectivity index (χ0v) is 20.4. The molecule has 1 saturated heterocycles. The third-order valence-corrected chi connectivity index (χ3v) is 6.54. The normalized spacial score (nSPS) is 15.2. The first-order chi connectivity index (χ1) is 13.4. The molecule has 142 valence electrons. The SMILES string of the molecule is C#CCN1C(=O)S/C(=C/c2cc(Br)c(OCc3ccc(I)cc3)c(Br)c2)C1=O. The minimum Gasteiger partial charge on any atom is -0.487 e. The third-order valence-electron chi connectivity index (χ3n) is 3.74. The molecule has 2 aromatic rings. The number of hydrogen-bond donors (Lipinski definition) is 0. The van der Waals surface area contributed by atoms with Gasteiger partial charge in [-0.1, -0.05) is 18.1 Å². The van der Waals surface area contributed by atoms with Gasteiger partial charge in [0.15, 0.2) is 0 Å². The number of benzene rings is 2. The van der Waals surface area contributed by atoms with Crippen molar-refractivity contribution in [2.75, 3.05) is 6.54 Å². The van der Waals surface area contributed by atoms with E-state index < -0.39 is 0 Å². The van der Waals surface area contributed by atoms with Crippen LogP contribution >= 0.6 is 66.2 Å². The van der Waals surface area contributed by atoms with E-state index in [0.29, 0.717) is 17.3 Å². The lowest BCUT2D eigenvalue weighted by Crippen LogP contribution is -2.28. The van der Waals surface area contributed by atoms with Gasteiger partial charge in [-0.25, -0.2) is 0 Å². The molecule has 0 saturated carbocycles. The maximum absolute atomic E-state index is 12.3. The van der Waals surface area contributed by atoms with Crippen molar-refractivity contribution in [2.45, 2.75) is 6.61 Å². The van der Waals surface area contributed by atoms with E-state index in [1.807, 2.05) is 36.4 Å². The standard InChI is InChI=1S/C20H12Br2INO3S/c1-2-7-24-19(25)17(28-20(24)26)10-13-8-15(21)18(16(22)9-13)27-11-12-3-5-14(23)6-4-12/h1,3-6,8-10H,7,11H2/b17-10+. The minimum absolute atomic E-state index is 0.0271. The van der Waals surface area contributed by atoms with Crippen molar-refractivity contribution in [3.8, 4) is 18.1 Å². The number of terminal acetylenes is 1. The Labute approximate surface area is 197 Å². The smallest absolute Gasteiger partial charge is 0.294 e. The van der Waals surface area contributed by atoms with Gasteiger partial charge in [0.1, 0.15) is 12.4 Å². The molecule has 0 N–H and O–H groups in total. The molecule has 0 aromatic heterocycles. The predicted molar refractivity (Wildman–Crippen MR) is 127 cm³/mol. The van der Waals surface area contributed by atoms with Gasteiger partial charge in [0.05, 0.1) is 20.4 Å². The second kappa shape index (κ2) is 9.48. The largest absolute Gasteiger partial charge is 0.487 e. The fraction of sp³-hybridized carbons (Fsp3) is 0.100. The van der Waals surface area contributed by atoms with Crippen molar-refractivity contribution in [2.24, 2.45) is 0 Å². The number of halogens is 3. The van der Waals surface area contributed by atoms with E-state index in [0.717, 1.165) is 36.7 Å². The van der Waals surface area contributed by atoms with Gasteiger partial charge in [0.2, 0.25) is 0 Å². The molecule has 2 aromatic carbocycles. The number of nitrogens with zero attached hydrogens (tertiary/aromatic N) is 1. The number of amides is 2. The first-order valence-corrected chi connectivity index (χ1v) is 11.4. The number of carbonyl (C=O) groups excluding carboxylic acids is 2. The Balaban J connectivity index is 1.78. The number of thioether (sulfide) groups is 1. The molecule has 0 unspecified atom stereocenters. The quantitative estimate of drug-likeness (QED) is 0.228. The molecule has 1 fully saturated rings. The number of imide groups is 1. The van der Waals surface area contributed by atoms with Crippen LogP contribution in [0.5, 0.6) is 5.75 Å². The minimum atomic E-state index is -0.376. The molecule has 0 spiro atoms. The van der Waals surface area contributed by atoms with Crippen LogP contribution in [0.15, 0.2) is 50.2 Å². The fourth-order valence-electron chi connectivity index (χ4n) is 2.42. The summed E-state index contributed by atoms with van der Waals surface area (Å²) in [5.74, 6) is 2.61. The van der Waals surface area contributed by atoms with Gasteiger partial charge in [-0.05, 0) is 108 Å². The van der Waals surface area contributed by atoms with Crippen molar-refractivity contribution in [3.05, 3.63) is 64.9 Å². The average Bonchev–Trinajstić information content (AvgIpc) is 2.90. The molecule has 28 heavy (non-hydrogen) atoms. The molecule has 1 heterocycles. The number of carbonyl (C=O) groups is 2. The van der Waals surface area contributed by atoms with Gasteiger partial charge in [-0.3, -0.25) is 14.5 Å². The Morgan fingerprint density at radius 3 is 2.43 bits per heavy atom. The number of rotatable bonds is 5. The van der Waals surface area contributed by atoms with E-state index in [9.17, 15) is 9.59 Å². The summed E-state index contributed by atoms with van der Waals surface area (Å²) in [7, 11) is 0. The molecular formula is C20H12Br2INO3S. The monoisotopic (exact) mass is 631 g/mol. The van der Waals surface area contributed by atoms with Crippen LogP contribution in [0.3, 0.4) is 0 Å². The van der Waals surface area contributed by atoms with Crippen LogP contribution in [0.4, 0.5) is 4.79 Å². The first kappa shape index (κ1) is 21.4. The summed E-state index contributed by atoms with van der Waals surface area (Å²) in [4.78, 5) is 25.6. The van der Waals surface area contributed by atoms with Crippen LogP contribution in [0, 0.1) is 15.9 Å². The summed E-state index contributed by atoms with van der Waals surface area (Å²) < 4.78 is 8.57. The van der Waals surface area contributed by atoms with E-state index in [2.05, 4.69) is 60.4 Å². The zero-order chi connectivity index (χ0) is 20.3. The summed E-state index contributed by atoms with van der Waals surface area (Å²) in [6, 6.07) is 11.8. The first-order valence-electron chi connectivity index (χ1n) is 7.94. The molecule has 2 amide bonds. The zero-order valence-electron chi connectivity index (χ0n) is 14.2. The maximum atomic E-state index is 12.3. The second-order valence-corrected chi connectivity index (χ2v) is 9.65. The Morgan fingerprint density at radius 1 is 1.18 bits per heavy atom. The molecule has 3 rings (SSSR count). The van der Waals surface area contributed by atoms with Gasteiger partial charge < -0.3 is 4.74 Å². The summed E-state index contributed by atoms with van der Waals surface area (Å²) >= 11 is 10.2. The maximum Gasteiger partial charge on any atom is 0.294 e. The molecule has 8 heteroatoms. The molecule has 1 aliphatic rings. The Kier molecular flexibility index (Phi) is 7.25. The van der Waals surface area contributed by atoms with E-state index in [-0.39, 0.29) is 17.7 Å². The molecule has 0 aliphatic carbocycles. The van der Waals surface area contributed by atoms with Crippen molar-refractivity contribution >= 4 is 83.4 Å². The molecule has 0 atom stereocenters. The van der Waals surface area contributed by atoms with Gasteiger partial charge in [0, 0.05) is 3.57 Å². The Hall–Kier alpha value is -1.28. The highest BCUT2D eigenvalue weighted by Crippen LogP contribution is 2.38.